The molecule has 0 fully saturated rings. The van der Waals surface area contributed by atoms with Gasteiger partial charge in [0.05, 0.1) is 23.8 Å². The fraction of sp³-hybridized carbons (Fsp3) is 0.194. The Morgan fingerprint density at radius 1 is 0.902 bits per heavy atom. The summed E-state index contributed by atoms with van der Waals surface area (Å²) in [7, 11) is 0. The van der Waals surface area contributed by atoms with Crippen LogP contribution in [0, 0.1) is 11.3 Å². The van der Waals surface area contributed by atoms with E-state index in [9.17, 15) is 10.1 Å². The average Bonchev–Trinajstić information content (AvgIpc) is 3.40. The first-order chi connectivity index (χ1) is 20.1. The maximum atomic E-state index is 11.6. The molecule has 1 atom stereocenters. The van der Waals surface area contributed by atoms with Crippen LogP contribution in [0.3, 0.4) is 0 Å². The fourth-order valence-corrected chi connectivity index (χ4v) is 5.64. The van der Waals surface area contributed by atoms with E-state index in [1.54, 1.807) is 18.2 Å². The third-order valence-electron chi connectivity index (χ3n) is 7.71. The van der Waals surface area contributed by atoms with E-state index in [1.807, 2.05) is 42.6 Å². The number of nitrogens with zero attached hydrogens (tertiary/aromatic N) is 2. The van der Waals surface area contributed by atoms with Gasteiger partial charge in [-0.2, -0.15) is 5.26 Å². The summed E-state index contributed by atoms with van der Waals surface area (Å²) >= 11 is 0. The van der Waals surface area contributed by atoms with Crippen molar-refractivity contribution in [1.29, 1.82) is 5.26 Å². The van der Waals surface area contributed by atoms with Gasteiger partial charge >= 0.3 is 0 Å². The van der Waals surface area contributed by atoms with Crippen molar-refractivity contribution < 1.29 is 9.53 Å². The Balaban J connectivity index is 1.42. The summed E-state index contributed by atoms with van der Waals surface area (Å²) in [5, 5.41) is 9.45. The molecule has 5 rings (SSSR count). The van der Waals surface area contributed by atoms with Gasteiger partial charge in [-0.25, -0.2) is 0 Å². The number of rotatable bonds is 12. The lowest BCUT2D eigenvalue weighted by Crippen LogP contribution is -2.32. The summed E-state index contributed by atoms with van der Waals surface area (Å²) in [4.78, 5) is 16.7. The summed E-state index contributed by atoms with van der Waals surface area (Å²) in [6.07, 6.45) is 7.16. The quantitative estimate of drug-likeness (QED) is 0.196. The van der Waals surface area contributed by atoms with Gasteiger partial charge in [0, 0.05) is 17.7 Å². The van der Waals surface area contributed by atoms with Crippen molar-refractivity contribution in [2.45, 2.75) is 37.1 Å². The Kier molecular flexibility index (Phi) is 8.71. The first kappa shape index (κ1) is 27.6. The number of ether oxygens (including phenoxy) is 1. The number of aliphatic imine (C=N–C) groups is 1. The second-order valence-electron chi connectivity index (χ2n) is 10.4. The minimum absolute atomic E-state index is 0.148. The highest BCUT2D eigenvalue weighted by molar-refractivity contribution is 5.93. The third kappa shape index (κ3) is 6.80. The van der Waals surface area contributed by atoms with Crippen molar-refractivity contribution in [3.05, 3.63) is 149 Å². The van der Waals surface area contributed by atoms with Crippen LogP contribution >= 0.6 is 0 Å². The molecule has 1 aliphatic heterocycles. The van der Waals surface area contributed by atoms with Gasteiger partial charge in [-0.3, -0.25) is 9.79 Å². The van der Waals surface area contributed by atoms with Crippen LogP contribution in [-0.2, 0) is 6.42 Å². The van der Waals surface area contributed by atoms with E-state index in [0.717, 1.165) is 24.8 Å². The maximum absolute atomic E-state index is 11.6. The zero-order chi connectivity index (χ0) is 28.5. The summed E-state index contributed by atoms with van der Waals surface area (Å²) in [5.41, 5.74) is 10.9. The SMILES string of the molecule is N#Cc1cccc(CC2=CC=NC2(CCCOc2cccc(C(N)=O)c2)CC(c2ccccc2)c2ccccc2)c1. The van der Waals surface area contributed by atoms with Crippen LogP contribution in [0.15, 0.2) is 126 Å². The average molecular weight is 540 g/mol. The molecule has 4 aromatic rings. The van der Waals surface area contributed by atoms with Crippen LogP contribution in [0.4, 0.5) is 0 Å². The van der Waals surface area contributed by atoms with Crippen molar-refractivity contribution >= 4 is 12.1 Å². The predicted octanol–water partition coefficient (Wildman–Crippen LogP) is 7.03. The molecule has 0 aliphatic carbocycles. The van der Waals surface area contributed by atoms with Gasteiger partial charge < -0.3 is 10.5 Å². The molecule has 2 N–H and O–H groups in total. The Labute approximate surface area is 241 Å². The predicted molar refractivity (Wildman–Crippen MR) is 163 cm³/mol. The van der Waals surface area contributed by atoms with E-state index in [0.29, 0.717) is 29.9 Å². The van der Waals surface area contributed by atoms with Crippen LogP contribution < -0.4 is 10.5 Å². The van der Waals surface area contributed by atoms with Gasteiger partial charge in [-0.15, -0.1) is 0 Å². The standard InChI is InChI=1S/C36H33N3O2/c37-26-28-11-7-10-27(22-28)23-32-18-20-39-36(32,19-9-21-41-33-17-8-16-31(24-33)35(38)40)25-34(29-12-3-1-4-13-29)30-14-5-2-6-15-30/h1-8,10-18,20,22,24,34H,9,19,21,23,25H2,(H2,38,40). The minimum atomic E-state index is -0.474. The van der Waals surface area contributed by atoms with E-state index in [2.05, 4.69) is 66.7 Å². The summed E-state index contributed by atoms with van der Waals surface area (Å²) in [6, 6.07) is 38.3. The number of hydrogen-bond donors (Lipinski definition) is 1. The molecule has 1 unspecified atom stereocenters. The Morgan fingerprint density at radius 3 is 2.29 bits per heavy atom. The molecule has 41 heavy (non-hydrogen) atoms. The molecule has 0 radical (unpaired) electrons. The zero-order valence-corrected chi connectivity index (χ0v) is 22.9. The molecule has 1 aliphatic rings. The number of carbonyl (C=O) groups is 1. The highest BCUT2D eigenvalue weighted by atomic mass is 16.5. The number of nitriles is 1. The van der Waals surface area contributed by atoms with Crippen molar-refractivity contribution in [2.24, 2.45) is 10.7 Å². The number of primary amides is 1. The van der Waals surface area contributed by atoms with Crippen molar-refractivity contribution in [1.82, 2.24) is 0 Å². The highest BCUT2D eigenvalue weighted by Crippen LogP contribution is 2.43. The Hall–Kier alpha value is -4.95. The molecule has 5 nitrogen and oxygen atoms in total. The van der Waals surface area contributed by atoms with Gasteiger partial charge in [-0.05, 0) is 84.4 Å². The number of hydrogen-bond acceptors (Lipinski definition) is 4. The van der Waals surface area contributed by atoms with Gasteiger partial charge in [0.15, 0.2) is 0 Å². The van der Waals surface area contributed by atoms with Crippen LogP contribution in [0.5, 0.6) is 5.75 Å². The summed E-state index contributed by atoms with van der Waals surface area (Å²) in [5.74, 6) is 0.299. The zero-order valence-electron chi connectivity index (χ0n) is 22.9. The van der Waals surface area contributed by atoms with Crippen molar-refractivity contribution in [3.8, 4) is 11.8 Å². The Morgan fingerprint density at radius 2 is 1.61 bits per heavy atom. The monoisotopic (exact) mass is 539 g/mol. The molecule has 0 spiro atoms. The molecule has 1 amide bonds. The molecule has 0 aromatic heterocycles. The lowest BCUT2D eigenvalue weighted by Gasteiger charge is -2.34. The molecule has 5 heteroatoms. The van der Waals surface area contributed by atoms with Crippen LogP contribution in [0.25, 0.3) is 0 Å². The number of amides is 1. The van der Waals surface area contributed by atoms with E-state index < -0.39 is 11.4 Å². The molecule has 0 saturated carbocycles. The second-order valence-corrected chi connectivity index (χ2v) is 10.4. The molecule has 1 heterocycles. The number of benzene rings is 4. The maximum Gasteiger partial charge on any atom is 0.248 e. The molecule has 0 bridgehead atoms. The second kappa shape index (κ2) is 12.9. The topological polar surface area (TPSA) is 88.5 Å². The van der Waals surface area contributed by atoms with Gasteiger partial charge in [0.1, 0.15) is 5.75 Å². The molecular formula is C36H33N3O2. The Bertz CT molecular complexity index is 1550. The van der Waals surface area contributed by atoms with E-state index in [-0.39, 0.29) is 5.92 Å². The van der Waals surface area contributed by atoms with Crippen molar-refractivity contribution in [3.63, 3.8) is 0 Å². The van der Waals surface area contributed by atoms with E-state index in [1.165, 1.54) is 16.7 Å². The number of nitrogens with two attached hydrogens (primary N) is 1. The lowest BCUT2D eigenvalue weighted by atomic mass is 9.73. The number of carbonyl (C=O) groups excluding carboxylic acids is 1. The van der Waals surface area contributed by atoms with Gasteiger partial charge in [0.2, 0.25) is 5.91 Å². The van der Waals surface area contributed by atoms with Gasteiger partial charge in [0.25, 0.3) is 0 Å². The first-order valence-corrected chi connectivity index (χ1v) is 13.9. The van der Waals surface area contributed by atoms with Crippen LogP contribution in [-0.4, -0.2) is 24.3 Å². The smallest absolute Gasteiger partial charge is 0.248 e. The van der Waals surface area contributed by atoms with Gasteiger partial charge in [-0.1, -0.05) is 78.9 Å². The highest BCUT2D eigenvalue weighted by Gasteiger charge is 2.38. The van der Waals surface area contributed by atoms with Crippen LogP contribution in [0.1, 0.15) is 57.8 Å². The fourth-order valence-electron chi connectivity index (χ4n) is 5.64. The van der Waals surface area contributed by atoms with Crippen LogP contribution in [0.2, 0.25) is 0 Å². The van der Waals surface area contributed by atoms with E-state index >= 15 is 0 Å². The lowest BCUT2D eigenvalue weighted by molar-refractivity contribution is 0.1000. The summed E-state index contributed by atoms with van der Waals surface area (Å²) in [6.45, 7) is 0.484. The molecule has 4 aromatic carbocycles. The molecule has 204 valence electrons. The number of allylic oxidation sites excluding steroid dienone is 1. The molecule has 0 saturated heterocycles. The third-order valence-corrected chi connectivity index (χ3v) is 7.71. The van der Waals surface area contributed by atoms with Crippen molar-refractivity contribution in [2.75, 3.05) is 6.61 Å². The largest absolute Gasteiger partial charge is 0.494 e. The minimum Gasteiger partial charge on any atom is -0.494 e. The normalized spacial score (nSPS) is 15.9. The van der Waals surface area contributed by atoms with E-state index in [4.69, 9.17) is 15.5 Å². The first-order valence-electron chi connectivity index (χ1n) is 13.9. The molecular weight excluding hydrogens is 506 g/mol. The summed E-state index contributed by atoms with van der Waals surface area (Å²) < 4.78 is 6.04.